The molecule has 6 rings (SSSR count). The van der Waals surface area contributed by atoms with E-state index in [1.807, 2.05) is 36.6 Å². The summed E-state index contributed by atoms with van der Waals surface area (Å²) in [4.78, 5) is 17.4. The molecule has 2 aromatic heterocycles. The highest BCUT2D eigenvalue weighted by Gasteiger charge is 2.27. The van der Waals surface area contributed by atoms with Crippen LogP contribution in [0.4, 0.5) is 10.1 Å². The van der Waals surface area contributed by atoms with Crippen molar-refractivity contribution >= 4 is 39.1 Å². The largest absolute Gasteiger partial charge is 0.368 e. The zero-order valence-corrected chi connectivity index (χ0v) is 22.1. The number of hydrogen-bond donors (Lipinski definition) is 0. The van der Waals surface area contributed by atoms with Gasteiger partial charge in [0, 0.05) is 67.0 Å². The summed E-state index contributed by atoms with van der Waals surface area (Å²) in [5.41, 5.74) is 4.30. The van der Waals surface area contributed by atoms with Crippen LogP contribution in [0.2, 0.25) is 0 Å². The summed E-state index contributed by atoms with van der Waals surface area (Å²) in [6.45, 7) is 6.17. The molecule has 3 aromatic rings. The molecule has 190 valence electrons. The first-order chi connectivity index (χ1) is 17.9. The maximum atomic E-state index is 15.3. The van der Waals surface area contributed by atoms with E-state index in [0.29, 0.717) is 12.1 Å². The van der Waals surface area contributed by atoms with Crippen molar-refractivity contribution in [2.75, 3.05) is 38.1 Å². The van der Waals surface area contributed by atoms with Gasteiger partial charge < -0.3 is 9.80 Å². The van der Waals surface area contributed by atoms with Crippen molar-refractivity contribution in [3.05, 3.63) is 78.3 Å². The minimum atomic E-state index is -0.261. The van der Waals surface area contributed by atoms with Gasteiger partial charge >= 0.3 is 0 Å². The van der Waals surface area contributed by atoms with E-state index in [4.69, 9.17) is 9.98 Å². The van der Waals surface area contributed by atoms with Gasteiger partial charge in [-0.05, 0) is 50.7 Å². The van der Waals surface area contributed by atoms with Gasteiger partial charge in [-0.25, -0.2) is 4.39 Å². The Morgan fingerprint density at radius 1 is 1.05 bits per heavy atom. The van der Waals surface area contributed by atoms with E-state index in [1.165, 1.54) is 0 Å². The Balaban J connectivity index is 1.32. The number of allylic oxidation sites excluding steroid dienone is 3. The average Bonchev–Trinajstić information content (AvgIpc) is 3.26. The second-order valence-electron chi connectivity index (χ2n) is 9.88. The third-order valence-electron chi connectivity index (χ3n) is 7.00. The number of piperazine rings is 1. The maximum absolute atomic E-state index is 15.3. The van der Waals surface area contributed by atoms with Crippen LogP contribution < -0.4 is 4.90 Å². The Labute approximate surface area is 220 Å². The summed E-state index contributed by atoms with van der Waals surface area (Å²) in [7, 11) is 4.02. The molecule has 37 heavy (non-hydrogen) atoms. The lowest BCUT2D eigenvalue weighted by atomic mass is 10.1. The van der Waals surface area contributed by atoms with Crippen LogP contribution in [0.5, 0.6) is 0 Å². The number of anilines is 1. The molecule has 0 spiro atoms. The third kappa shape index (κ3) is 4.93. The molecule has 3 aliphatic heterocycles. The molecule has 3 aliphatic rings. The standard InChI is InChI=1S/C28H30FN7S/c1-19-4-7-27-25(29)14-21(22-15-31-34(3)17-22)18-36(27)28(32-19)37-24-5-6-26-20(13-24)12-23(16-30-26)35-10-8-33(2)9-11-35/h5-7,12-19H,4,8-11H2,1-3H3/t19-/m0/s1. The number of likely N-dealkylation sites (N-methyl/N-ethyl adjacent to an activating group) is 1. The number of rotatable bonds is 3. The molecule has 0 N–H and O–H groups in total. The first kappa shape index (κ1) is 23.9. The minimum absolute atomic E-state index is 0.0506. The lowest BCUT2D eigenvalue weighted by molar-refractivity contribution is 0.313. The molecule has 9 heteroatoms. The van der Waals surface area contributed by atoms with Crippen LogP contribution in [-0.4, -0.2) is 69.0 Å². The van der Waals surface area contributed by atoms with Crippen LogP contribution in [0.3, 0.4) is 0 Å². The van der Waals surface area contributed by atoms with E-state index >= 15 is 4.39 Å². The number of aromatic nitrogens is 3. The number of aryl methyl sites for hydroxylation is 1. The van der Waals surface area contributed by atoms with E-state index in [9.17, 15) is 0 Å². The maximum Gasteiger partial charge on any atom is 0.173 e. The molecule has 1 saturated heterocycles. The lowest BCUT2D eigenvalue weighted by Gasteiger charge is -2.33. The minimum Gasteiger partial charge on any atom is -0.368 e. The molecular formula is C28H30FN7S. The molecule has 1 aromatic carbocycles. The fourth-order valence-corrected chi connectivity index (χ4v) is 5.83. The Hall–Kier alpha value is -3.43. The van der Waals surface area contributed by atoms with Crippen LogP contribution in [0, 0.1) is 0 Å². The van der Waals surface area contributed by atoms with Crippen LogP contribution >= 0.6 is 11.8 Å². The van der Waals surface area contributed by atoms with Crippen molar-refractivity contribution in [3.8, 4) is 0 Å². The van der Waals surface area contributed by atoms with Gasteiger partial charge in [-0.2, -0.15) is 5.10 Å². The quantitative estimate of drug-likeness (QED) is 0.486. The lowest BCUT2D eigenvalue weighted by Crippen LogP contribution is -2.44. The number of fused-ring (bicyclic) bond motifs is 2. The first-order valence-corrected chi connectivity index (χ1v) is 13.4. The number of amidine groups is 1. The fraction of sp³-hybridized carbons (Fsp3) is 0.321. The number of nitrogens with zero attached hydrogens (tertiary/aromatic N) is 7. The van der Waals surface area contributed by atoms with Crippen molar-refractivity contribution in [3.63, 3.8) is 0 Å². The molecular weight excluding hydrogens is 485 g/mol. The normalized spacial score (nSPS) is 20.7. The zero-order valence-electron chi connectivity index (χ0n) is 21.3. The Kier molecular flexibility index (Phi) is 6.34. The molecule has 0 unspecified atom stereocenters. The topological polar surface area (TPSA) is 52.8 Å². The zero-order chi connectivity index (χ0) is 25.5. The highest BCUT2D eigenvalue weighted by molar-refractivity contribution is 8.13. The summed E-state index contributed by atoms with van der Waals surface area (Å²) in [6, 6.07) is 8.56. The van der Waals surface area contributed by atoms with Crippen molar-refractivity contribution in [1.82, 2.24) is 24.6 Å². The predicted octanol–water partition coefficient (Wildman–Crippen LogP) is 5.05. The van der Waals surface area contributed by atoms with Crippen molar-refractivity contribution < 1.29 is 4.39 Å². The van der Waals surface area contributed by atoms with Gasteiger partial charge in [0.15, 0.2) is 5.17 Å². The van der Waals surface area contributed by atoms with Crippen LogP contribution in [0.15, 0.2) is 82.6 Å². The van der Waals surface area contributed by atoms with Crippen molar-refractivity contribution in [2.24, 2.45) is 12.0 Å². The molecule has 0 radical (unpaired) electrons. The van der Waals surface area contributed by atoms with E-state index in [0.717, 1.165) is 64.0 Å². The van der Waals surface area contributed by atoms with Gasteiger partial charge in [0.05, 0.1) is 35.3 Å². The highest BCUT2D eigenvalue weighted by atomic mass is 32.2. The van der Waals surface area contributed by atoms with E-state index in [1.54, 1.807) is 28.7 Å². The number of pyridine rings is 1. The molecule has 0 aliphatic carbocycles. The molecule has 7 nitrogen and oxygen atoms in total. The van der Waals surface area contributed by atoms with Gasteiger partial charge in [0.2, 0.25) is 0 Å². The van der Waals surface area contributed by atoms with E-state index in [-0.39, 0.29) is 11.9 Å². The Morgan fingerprint density at radius 2 is 1.89 bits per heavy atom. The summed E-state index contributed by atoms with van der Waals surface area (Å²) in [5, 5.41) is 6.10. The summed E-state index contributed by atoms with van der Waals surface area (Å²) in [6.07, 6.45) is 11.8. The number of benzene rings is 1. The second-order valence-corrected chi connectivity index (χ2v) is 10.9. The number of hydrogen-bond acceptors (Lipinski definition) is 7. The smallest absolute Gasteiger partial charge is 0.173 e. The first-order valence-electron chi connectivity index (χ1n) is 12.6. The van der Waals surface area contributed by atoms with Gasteiger partial charge in [0.1, 0.15) is 5.83 Å². The second kappa shape index (κ2) is 9.79. The summed E-state index contributed by atoms with van der Waals surface area (Å²) in [5.74, 6) is -0.261. The van der Waals surface area contributed by atoms with Crippen molar-refractivity contribution in [2.45, 2.75) is 24.3 Å². The highest BCUT2D eigenvalue weighted by Crippen LogP contribution is 2.37. The van der Waals surface area contributed by atoms with Gasteiger partial charge in [0.25, 0.3) is 0 Å². The van der Waals surface area contributed by atoms with Gasteiger partial charge in [-0.1, -0.05) is 17.8 Å². The van der Waals surface area contributed by atoms with Crippen LogP contribution in [-0.2, 0) is 7.05 Å². The van der Waals surface area contributed by atoms with Crippen molar-refractivity contribution in [1.29, 1.82) is 0 Å². The molecule has 0 bridgehead atoms. The van der Waals surface area contributed by atoms with Crippen LogP contribution in [0.25, 0.3) is 16.5 Å². The molecule has 5 heterocycles. The van der Waals surface area contributed by atoms with E-state index in [2.05, 4.69) is 53.1 Å². The average molecular weight is 516 g/mol. The summed E-state index contributed by atoms with van der Waals surface area (Å²) < 4.78 is 17.1. The Morgan fingerprint density at radius 3 is 2.68 bits per heavy atom. The predicted molar refractivity (Wildman–Crippen MR) is 149 cm³/mol. The number of thioether (sulfide) groups is 1. The molecule has 0 amide bonds. The molecule has 0 saturated carbocycles. The molecule has 1 atom stereocenters. The summed E-state index contributed by atoms with van der Waals surface area (Å²) >= 11 is 1.56. The van der Waals surface area contributed by atoms with Crippen LogP contribution in [0.1, 0.15) is 18.9 Å². The number of halogens is 1. The third-order valence-corrected chi connectivity index (χ3v) is 7.97. The van der Waals surface area contributed by atoms with E-state index < -0.39 is 0 Å². The Bertz CT molecular complexity index is 1460. The monoisotopic (exact) mass is 515 g/mol. The van der Waals surface area contributed by atoms with Gasteiger partial charge in [-0.3, -0.25) is 19.6 Å². The molecule has 1 fully saturated rings. The number of aliphatic imine (C=N–C) groups is 1. The van der Waals surface area contributed by atoms with Gasteiger partial charge in [-0.15, -0.1) is 0 Å². The fourth-order valence-electron chi connectivity index (χ4n) is 4.82. The SMILES string of the molecule is C[C@H]1CC=C2C(F)=CC(c3cnn(C)c3)=CN2C(Sc2ccc3ncc(N4CCN(C)CC4)cc3c2)=N1.